The molecule has 0 aliphatic carbocycles. The van der Waals surface area contributed by atoms with Crippen LogP contribution < -0.4 is 5.48 Å². The lowest BCUT2D eigenvalue weighted by Crippen LogP contribution is -2.19. The van der Waals surface area contributed by atoms with E-state index in [9.17, 15) is 13.6 Å². The van der Waals surface area contributed by atoms with E-state index in [0.717, 1.165) is 22.8 Å². The molecular formula is C23H19F2N3O2S. The first kappa shape index (κ1) is 21.0. The average molecular weight is 439 g/mol. The van der Waals surface area contributed by atoms with Crippen LogP contribution in [0.15, 0.2) is 67.0 Å². The number of pyridine rings is 1. The summed E-state index contributed by atoms with van der Waals surface area (Å²) in [5.41, 5.74) is 4.88. The summed E-state index contributed by atoms with van der Waals surface area (Å²) < 4.78 is 29.3. The van der Waals surface area contributed by atoms with Gasteiger partial charge in [-0.25, -0.2) is 19.2 Å². The highest BCUT2D eigenvalue weighted by Gasteiger charge is 2.15. The third-order valence-corrected chi connectivity index (χ3v) is 5.96. The van der Waals surface area contributed by atoms with Crippen LogP contribution in [0.25, 0.3) is 10.9 Å². The summed E-state index contributed by atoms with van der Waals surface area (Å²) in [5, 5.41) is 9.72. The molecule has 0 fully saturated rings. The predicted octanol–water partition coefficient (Wildman–Crippen LogP) is 4.92. The Balaban J connectivity index is 1.66. The second-order valence-electron chi connectivity index (χ2n) is 7.02. The number of fused-ring (bicyclic) bond motifs is 1. The number of carbonyl (C=O) groups is 1. The van der Waals surface area contributed by atoms with E-state index in [1.165, 1.54) is 23.9 Å². The van der Waals surface area contributed by atoms with E-state index in [2.05, 4.69) is 17.1 Å². The molecular weight excluding hydrogens is 420 g/mol. The molecule has 0 unspecified atom stereocenters. The largest absolute Gasteiger partial charge is 0.341 e. The average Bonchev–Trinajstić information content (AvgIpc) is 3.12. The van der Waals surface area contributed by atoms with Crippen molar-refractivity contribution >= 4 is 28.6 Å². The zero-order valence-electron chi connectivity index (χ0n) is 16.4. The normalized spacial score (nSPS) is 11.1. The first-order valence-electron chi connectivity index (χ1n) is 9.53. The summed E-state index contributed by atoms with van der Waals surface area (Å²) >= 11 is 1.71. The number of nitrogens with one attached hydrogen (secondary N) is 1. The van der Waals surface area contributed by atoms with Gasteiger partial charge in [-0.15, -0.1) is 0 Å². The van der Waals surface area contributed by atoms with Gasteiger partial charge in [0.05, 0.1) is 18.3 Å². The number of hydrogen-bond donors (Lipinski definition) is 2. The molecule has 0 aliphatic heterocycles. The number of hydroxylamine groups is 1. The van der Waals surface area contributed by atoms with Gasteiger partial charge in [-0.05, 0) is 23.3 Å². The van der Waals surface area contributed by atoms with Crippen molar-refractivity contribution in [1.82, 2.24) is 15.0 Å². The van der Waals surface area contributed by atoms with Gasteiger partial charge in [-0.3, -0.25) is 10.0 Å². The molecule has 0 aliphatic rings. The fourth-order valence-electron chi connectivity index (χ4n) is 3.38. The van der Waals surface area contributed by atoms with Crippen LogP contribution in [0.2, 0.25) is 0 Å². The van der Waals surface area contributed by atoms with Crippen LogP contribution >= 0.6 is 11.8 Å². The van der Waals surface area contributed by atoms with Gasteiger partial charge in [0.2, 0.25) is 0 Å². The van der Waals surface area contributed by atoms with Crippen LogP contribution in [0.1, 0.15) is 27.2 Å². The van der Waals surface area contributed by atoms with Crippen LogP contribution in [-0.2, 0) is 18.1 Å². The molecule has 0 spiro atoms. The van der Waals surface area contributed by atoms with Gasteiger partial charge >= 0.3 is 0 Å². The number of carbonyl (C=O) groups excluding carboxylic acids is 1. The molecule has 0 radical (unpaired) electrons. The molecule has 8 heteroatoms. The zero-order valence-corrected chi connectivity index (χ0v) is 17.2. The lowest BCUT2D eigenvalue weighted by Gasteiger charge is -2.07. The van der Waals surface area contributed by atoms with Gasteiger partial charge in [0.25, 0.3) is 5.91 Å². The number of hydrogen-bond acceptors (Lipinski definition) is 4. The van der Waals surface area contributed by atoms with Crippen molar-refractivity contribution in [3.8, 4) is 0 Å². The van der Waals surface area contributed by atoms with Crippen LogP contribution in [0.4, 0.5) is 8.78 Å². The van der Waals surface area contributed by atoms with E-state index in [1.807, 2.05) is 29.0 Å². The van der Waals surface area contributed by atoms with E-state index in [0.29, 0.717) is 16.8 Å². The number of nitrogens with zero attached hydrogens (tertiary/aromatic N) is 2. The predicted molar refractivity (Wildman–Crippen MR) is 116 cm³/mol. The standard InChI is InChI=1S/C23H19F2N3O2S/c24-18-7-6-16(20(25)8-18)11-28-12-17(14-31-13-15-4-2-1-3-5-15)19-9-21(23(29)27-30)26-10-22(19)28/h1-10,12,30H,11,13-14H2,(H,27,29). The molecule has 1 amide bonds. The van der Waals surface area contributed by atoms with E-state index in [4.69, 9.17) is 5.21 Å². The molecule has 31 heavy (non-hydrogen) atoms. The molecule has 4 aromatic rings. The number of rotatable bonds is 7. The summed E-state index contributed by atoms with van der Waals surface area (Å²) in [6, 6.07) is 15.2. The summed E-state index contributed by atoms with van der Waals surface area (Å²) in [6.45, 7) is 0.194. The molecule has 158 valence electrons. The SMILES string of the molecule is O=C(NO)c1cc2c(CSCc3ccccc3)cn(Cc3ccc(F)cc3F)c2cn1. The number of benzene rings is 2. The van der Waals surface area contributed by atoms with Crippen molar-refractivity contribution < 1.29 is 18.8 Å². The lowest BCUT2D eigenvalue weighted by atomic mass is 10.2. The third kappa shape index (κ3) is 4.76. The Hall–Kier alpha value is -3.23. The highest BCUT2D eigenvalue weighted by atomic mass is 32.2. The van der Waals surface area contributed by atoms with E-state index >= 15 is 0 Å². The number of amides is 1. The monoisotopic (exact) mass is 439 g/mol. The second kappa shape index (κ2) is 9.28. The third-order valence-electron chi connectivity index (χ3n) is 4.91. The van der Waals surface area contributed by atoms with E-state index in [1.54, 1.807) is 23.3 Å². The second-order valence-corrected chi connectivity index (χ2v) is 8.01. The topological polar surface area (TPSA) is 67.2 Å². The molecule has 0 saturated carbocycles. The molecule has 0 saturated heterocycles. The molecule has 0 bridgehead atoms. The van der Waals surface area contributed by atoms with Crippen molar-refractivity contribution in [2.24, 2.45) is 0 Å². The maximum Gasteiger partial charge on any atom is 0.293 e. The van der Waals surface area contributed by atoms with E-state index in [-0.39, 0.29) is 12.2 Å². The molecule has 2 N–H and O–H groups in total. The first-order valence-corrected chi connectivity index (χ1v) is 10.7. The Bertz CT molecular complexity index is 1230. The summed E-state index contributed by atoms with van der Waals surface area (Å²) in [6.07, 6.45) is 3.42. The van der Waals surface area contributed by atoms with Gasteiger partial charge in [0.15, 0.2) is 0 Å². The van der Waals surface area contributed by atoms with Crippen molar-refractivity contribution in [1.29, 1.82) is 0 Å². The van der Waals surface area contributed by atoms with Crippen molar-refractivity contribution in [2.75, 3.05) is 0 Å². The van der Waals surface area contributed by atoms with Gasteiger partial charge in [0, 0.05) is 34.7 Å². The zero-order chi connectivity index (χ0) is 21.8. The Morgan fingerprint density at radius 2 is 1.87 bits per heavy atom. The number of aromatic nitrogens is 2. The maximum atomic E-state index is 14.2. The Morgan fingerprint density at radius 3 is 2.61 bits per heavy atom. The molecule has 0 atom stereocenters. The van der Waals surface area contributed by atoms with Crippen molar-refractivity contribution in [2.45, 2.75) is 18.1 Å². The van der Waals surface area contributed by atoms with Crippen LogP contribution in [-0.4, -0.2) is 20.7 Å². The summed E-state index contributed by atoms with van der Waals surface area (Å²) in [5.74, 6) is -0.477. The maximum absolute atomic E-state index is 14.2. The van der Waals surface area contributed by atoms with Crippen LogP contribution in [0.3, 0.4) is 0 Å². The highest BCUT2D eigenvalue weighted by Crippen LogP contribution is 2.28. The number of halogens is 2. The molecule has 2 aromatic carbocycles. The van der Waals surface area contributed by atoms with Crippen molar-refractivity contribution in [3.63, 3.8) is 0 Å². The van der Waals surface area contributed by atoms with Crippen molar-refractivity contribution in [3.05, 3.63) is 101 Å². The van der Waals surface area contributed by atoms with Crippen LogP contribution in [0, 0.1) is 11.6 Å². The molecule has 2 aromatic heterocycles. The minimum absolute atomic E-state index is 0.0787. The van der Waals surface area contributed by atoms with Gasteiger partial charge in [0.1, 0.15) is 17.3 Å². The Labute approximate surface area is 181 Å². The molecule has 2 heterocycles. The number of thioether (sulfide) groups is 1. The molecule has 4 rings (SSSR count). The molecule has 5 nitrogen and oxygen atoms in total. The van der Waals surface area contributed by atoms with Gasteiger partial charge in [-0.2, -0.15) is 11.8 Å². The summed E-state index contributed by atoms with van der Waals surface area (Å²) in [7, 11) is 0. The Kier molecular flexibility index (Phi) is 6.29. The van der Waals surface area contributed by atoms with E-state index < -0.39 is 17.5 Å². The fourth-order valence-corrected chi connectivity index (χ4v) is 4.36. The van der Waals surface area contributed by atoms with Gasteiger partial charge in [-0.1, -0.05) is 36.4 Å². The first-order chi connectivity index (χ1) is 15.0. The Morgan fingerprint density at radius 1 is 1.06 bits per heavy atom. The van der Waals surface area contributed by atoms with Gasteiger partial charge < -0.3 is 4.57 Å². The quantitative estimate of drug-likeness (QED) is 0.317. The highest BCUT2D eigenvalue weighted by molar-refractivity contribution is 7.97. The smallest absolute Gasteiger partial charge is 0.293 e. The fraction of sp³-hybridized carbons (Fsp3) is 0.130. The minimum atomic E-state index is -0.706. The lowest BCUT2D eigenvalue weighted by molar-refractivity contribution is 0.0701. The minimum Gasteiger partial charge on any atom is -0.341 e. The van der Waals surface area contributed by atoms with Crippen LogP contribution in [0.5, 0.6) is 0 Å². The summed E-state index contributed by atoms with van der Waals surface area (Å²) in [4.78, 5) is 15.9.